The van der Waals surface area contributed by atoms with Gasteiger partial charge in [-0.1, -0.05) is 0 Å². The highest BCUT2D eigenvalue weighted by molar-refractivity contribution is 5.97. The zero-order chi connectivity index (χ0) is 3.41. The first-order valence-corrected chi connectivity index (χ1v) is 1.19. The average Bonchev–Trinajstić information content (AvgIpc) is 1.37. The fourth-order valence-corrected chi connectivity index (χ4v) is 0. The predicted molar refractivity (Wildman–Crippen MR) is 13.8 cm³/mol. The normalized spacial score (nSPS) is 7.50. The Morgan fingerprint density at radius 1 is 1.75 bits per heavy atom. The maximum absolute atomic E-state index is 3.96. The van der Waals surface area contributed by atoms with E-state index in [0.29, 0.717) is 0 Å². The highest BCUT2D eigenvalue weighted by atomic mass is 28.2. The lowest BCUT2D eigenvalue weighted by molar-refractivity contribution is -0.173. The van der Waals surface area contributed by atoms with E-state index in [0.717, 1.165) is 0 Å². The molecule has 3 radical (unpaired) electrons. The smallest absolute Gasteiger partial charge is 0.289 e. The van der Waals surface area contributed by atoms with Crippen LogP contribution in [0.5, 0.6) is 0 Å². The molecule has 0 aromatic carbocycles. The highest BCUT2D eigenvalue weighted by Gasteiger charge is 1.50. The molecule has 3 heteroatoms. The maximum Gasteiger partial charge on any atom is 0.302 e. The summed E-state index contributed by atoms with van der Waals surface area (Å²) in [6.07, 6.45) is 0. The molecule has 0 atom stereocenters. The molecule has 0 unspecified atom stereocenters. The van der Waals surface area contributed by atoms with Gasteiger partial charge in [-0.2, -0.15) is 0 Å². The van der Waals surface area contributed by atoms with Gasteiger partial charge in [-0.3, -0.25) is 9.46 Å². The third-order valence-corrected chi connectivity index (χ3v) is 0.250. The average molecular weight is 75.1 g/mol. The first-order valence-electron chi connectivity index (χ1n) is 0.779. The first kappa shape index (κ1) is 4.14. The van der Waals surface area contributed by atoms with E-state index in [4.69, 9.17) is 0 Å². The van der Waals surface area contributed by atoms with Gasteiger partial charge in [-0.05, 0) is 0 Å². The molecule has 0 aromatic heterocycles. The van der Waals surface area contributed by atoms with E-state index >= 15 is 0 Å². The highest BCUT2D eigenvalue weighted by Crippen LogP contribution is 1.49. The maximum atomic E-state index is 3.96. The van der Waals surface area contributed by atoms with Crippen molar-refractivity contribution in [2.45, 2.75) is 0 Å². The molecular weight excluding hydrogens is 72.1 g/mol. The van der Waals surface area contributed by atoms with E-state index < -0.39 is 0 Å². The van der Waals surface area contributed by atoms with Crippen LogP contribution in [0.4, 0.5) is 0 Å². The lowest BCUT2D eigenvalue weighted by atomic mass is 11.8. The Balaban J connectivity index is 1.97. The van der Waals surface area contributed by atoms with Crippen LogP contribution in [0, 0.1) is 0 Å². The summed E-state index contributed by atoms with van der Waals surface area (Å²) in [5.74, 6) is 0. The van der Waals surface area contributed by atoms with Crippen LogP contribution in [0.1, 0.15) is 0 Å². The Labute approximate surface area is 28.2 Å². The second-order valence-corrected chi connectivity index (χ2v) is 0.417. The summed E-state index contributed by atoms with van der Waals surface area (Å²) >= 11 is 0. The van der Waals surface area contributed by atoms with Gasteiger partial charge < -0.3 is 0 Å². The number of hydrogen-bond acceptors (Lipinski definition) is 2. The van der Waals surface area contributed by atoms with Crippen molar-refractivity contribution in [1.82, 2.24) is 0 Å². The van der Waals surface area contributed by atoms with Crippen molar-refractivity contribution in [1.29, 1.82) is 0 Å². The summed E-state index contributed by atoms with van der Waals surface area (Å²) in [5.41, 5.74) is 0. The molecule has 0 spiro atoms. The molecule has 0 heterocycles. The van der Waals surface area contributed by atoms with Gasteiger partial charge in [0.25, 0.3) is 0 Å². The van der Waals surface area contributed by atoms with Gasteiger partial charge in [0.1, 0.15) is 0 Å². The Kier molecular flexibility index (Phi) is 3.24. The molecule has 0 fully saturated rings. The van der Waals surface area contributed by atoms with Crippen molar-refractivity contribution in [3.05, 3.63) is 0 Å². The van der Waals surface area contributed by atoms with Crippen molar-refractivity contribution >= 4 is 10.5 Å². The zero-order valence-corrected chi connectivity index (χ0v) is 3.32. The van der Waals surface area contributed by atoms with Crippen LogP contribution in [-0.4, -0.2) is 17.6 Å². The number of rotatable bonds is 1. The van der Waals surface area contributed by atoms with E-state index in [2.05, 4.69) is 20.0 Å². The second kappa shape index (κ2) is 3.14. The van der Waals surface area contributed by atoms with Gasteiger partial charge in [-0.25, -0.2) is 0 Å². The molecular formula is CH3O2Si. The summed E-state index contributed by atoms with van der Waals surface area (Å²) in [6, 6.07) is 0. The van der Waals surface area contributed by atoms with Crippen LogP contribution in [0.2, 0.25) is 0 Å². The third-order valence-electron chi connectivity index (χ3n) is 0.0833. The second-order valence-electron chi connectivity index (χ2n) is 0.250. The van der Waals surface area contributed by atoms with Gasteiger partial charge in [-0.15, -0.1) is 0 Å². The van der Waals surface area contributed by atoms with Crippen molar-refractivity contribution in [2.24, 2.45) is 0 Å². The molecule has 0 aliphatic heterocycles. The number of hydrogen-bond donors (Lipinski definition) is 0. The Bertz CT molecular complexity index is 8.00. The van der Waals surface area contributed by atoms with Crippen molar-refractivity contribution < 1.29 is 9.46 Å². The van der Waals surface area contributed by atoms with Gasteiger partial charge in [0.15, 0.2) is 0 Å². The molecule has 0 bridgehead atoms. The fourth-order valence-electron chi connectivity index (χ4n) is 0. The molecule has 0 saturated heterocycles. The minimum Gasteiger partial charge on any atom is -0.289 e. The molecule has 23 valence electrons. The summed E-state index contributed by atoms with van der Waals surface area (Å²) in [6.45, 7) is 0. The Hall–Kier alpha value is 0.137. The van der Waals surface area contributed by atoms with Crippen LogP contribution in [0.25, 0.3) is 0 Å². The van der Waals surface area contributed by atoms with E-state index in [9.17, 15) is 0 Å². The van der Waals surface area contributed by atoms with E-state index in [1.807, 2.05) is 0 Å². The summed E-state index contributed by atoms with van der Waals surface area (Å²) in [5, 5.41) is 0. The summed E-state index contributed by atoms with van der Waals surface area (Å²) < 4.78 is 3.85. The van der Waals surface area contributed by atoms with Crippen molar-refractivity contribution in [3.8, 4) is 0 Å². The Morgan fingerprint density at radius 2 is 2.00 bits per heavy atom. The molecule has 0 rings (SSSR count). The summed E-state index contributed by atoms with van der Waals surface area (Å²) in [7, 11) is 3.98. The lowest BCUT2D eigenvalue weighted by Gasteiger charge is -1.78. The van der Waals surface area contributed by atoms with E-state index in [1.54, 1.807) is 0 Å². The molecule has 0 aliphatic rings. The van der Waals surface area contributed by atoms with Crippen LogP contribution < -0.4 is 0 Å². The lowest BCUT2D eigenvalue weighted by Crippen LogP contribution is -1.75. The van der Waals surface area contributed by atoms with Crippen molar-refractivity contribution in [2.75, 3.05) is 7.11 Å². The molecule has 0 aliphatic carbocycles. The largest absolute Gasteiger partial charge is 0.302 e. The molecule has 4 heavy (non-hydrogen) atoms. The van der Waals surface area contributed by atoms with Gasteiger partial charge in [0, 0.05) is 0 Å². The van der Waals surface area contributed by atoms with E-state index in [-0.39, 0.29) is 0 Å². The van der Waals surface area contributed by atoms with Crippen LogP contribution in [0.15, 0.2) is 0 Å². The van der Waals surface area contributed by atoms with Crippen LogP contribution in [-0.2, 0) is 9.46 Å². The third kappa shape index (κ3) is 2.14. The molecule has 2 nitrogen and oxygen atoms in total. The van der Waals surface area contributed by atoms with Gasteiger partial charge in [0.2, 0.25) is 0 Å². The fraction of sp³-hybridized carbons (Fsp3) is 1.00. The van der Waals surface area contributed by atoms with Gasteiger partial charge in [0.05, 0.1) is 7.11 Å². The monoisotopic (exact) mass is 75.0 g/mol. The quantitative estimate of drug-likeness (QED) is 0.241. The molecule has 0 saturated carbocycles. The van der Waals surface area contributed by atoms with Crippen LogP contribution >= 0.6 is 0 Å². The summed E-state index contributed by atoms with van der Waals surface area (Å²) in [4.78, 5) is 3.96. The SMILES string of the molecule is COO[Si]. The predicted octanol–water partition coefficient (Wildman–Crippen LogP) is -0.352. The van der Waals surface area contributed by atoms with Crippen LogP contribution in [0.3, 0.4) is 0 Å². The van der Waals surface area contributed by atoms with Crippen molar-refractivity contribution in [3.63, 3.8) is 0 Å². The first-order chi connectivity index (χ1) is 1.91. The Morgan fingerprint density at radius 3 is 2.00 bits per heavy atom. The topological polar surface area (TPSA) is 18.5 Å². The molecule has 0 N–H and O–H groups in total. The minimum absolute atomic E-state index is 1.41. The molecule has 0 amide bonds. The minimum atomic E-state index is 1.41. The standard InChI is InChI=1S/CH3O2Si/c1-2-3-4/h1H3. The molecule has 0 aromatic rings. The van der Waals surface area contributed by atoms with Gasteiger partial charge >= 0.3 is 10.5 Å². The zero-order valence-electron chi connectivity index (χ0n) is 2.32. The van der Waals surface area contributed by atoms with E-state index in [1.165, 1.54) is 7.11 Å².